The minimum Gasteiger partial charge on any atom is -0.349 e. The molecule has 0 atom stereocenters. The highest BCUT2D eigenvalue weighted by Crippen LogP contribution is 2.25. The third-order valence-electron chi connectivity index (χ3n) is 4.55. The molecule has 7 heteroatoms. The topological polar surface area (TPSA) is 92.0 Å². The number of rotatable bonds is 7. The molecule has 1 aromatic heterocycles. The van der Waals surface area contributed by atoms with Gasteiger partial charge in [0.2, 0.25) is 17.8 Å². The molecule has 2 rings (SSSR count). The predicted octanol–water partition coefficient (Wildman–Crippen LogP) is 2.14. The zero-order chi connectivity index (χ0) is 15.3. The molecule has 0 radical (unpaired) electrons. The van der Waals surface area contributed by atoms with E-state index in [0.717, 1.165) is 32.4 Å². The van der Waals surface area contributed by atoms with Gasteiger partial charge in [0.25, 0.3) is 0 Å². The monoisotopic (exact) mass is 293 g/mol. The molecular weight excluding hydrogens is 266 g/mol. The molecule has 1 aliphatic heterocycles. The predicted molar refractivity (Wildman–Crippen MR) is 86.3 cm³/mol. The van der Waals surface area contributed by atoms with Gasteiger partial charge in [0.15, 0.2) is 0 Å². The Morgan fingerprint density at radius 2 is 1.57 bits per heavy atom. The molecule has 0 aliphatic carbocycles. The van der Waals surface area contributed by atoms with E-state index in [4.69, 9.17) is 5.84 Å². The number of nitrogen functional groups attached to an aromatic ring is 1. The van der Waals surface area contributed by atoms with Crippen molar-refractivity contribution in [3.8, 4) is 0 Å². The summed E-state index contributed by atoms with van der Waals surface area (Å²) >= 11 is 0. The lowest BCUT2D eigenvalue weighted by Gasteiger charge is -2.32. The summed E-state index contributed by atoms with van der Waals surface area (Å²) in [6, 6.07) is 0. The highest BCUT2D eigenvalue weighted by molar-refractivity contribution is 5.45. The van der Waals surface area contributed by atoms with E-state index in [9.17, 15) is 0 Å². The molecule has 118 valence electrons. The minimum atomic E-state index is 0.0233. The van der Waals surface area contributed by atoms with Crippen molar-refractivity contribution in [3.05, 3.63) is 0 Å². The first kappa shape index (κ1) is 15.8. The highest BCUT2D eigenvalue weighted by Gasteiger charge is 2.26. The van der Waals surface area contributed by atoms with Crippen LogP contribution >= 0.6 is 0 Å². The summed E-state index contributed by atoms with van der Waals surface area (Å²) in [6.45, 7) is 8.54. The second-order valence-electron chi connectivity index (χ2n) is 5.59. The Labute approximate surface area is 126 Å². The third-order valence-corrected chi connectivity index (χ3v) is 4.55. The van der Waals surface area contributed by atoms with Crippen LogP contribution in [0.3, 0.4) is 0 Å². The van der Waals surface area contributed by atoms with E-state index in [2.05, 4.69) is 51.4 Å². The van der Waals surface area contributed by atoms with Crippen molar-refractivity contribution in [1.82, 2.24) is 15.0 Å². The van der Waals surface area contributed by atoms with Crippen LogP contribution < -0.4 is 21.5 Å². The Kier molecular flexibility index (Phi) is 5.17. The van der Waals surface area contributed by atoms with Crippen LogP contribution in [0.5, 0.6) is 0 Å². The van der Waals surface area contributed by atoms with Crippen molar-refractivity contribution >= 4 is 17.8 Å². The Morgan fingerprint density at radius 1 is 1.00 bits per heavy atom. The van der Waals surface area contributed by atoms with E-state index in [1.165, 1.54) is 12.8 Å². The fourth-order valence-corrected chi connectivity index (χ4v) is 2.80. The molecule has 0 aromatic carbocycles. The van der Waals surface area contributed by atoms with Gasteiger partial charge < -0.3 is 10.2 Å². The van der Waals surface area contributed by atoms with E-state index in [1.807, 2.05) is 0 Å². The van der Waals surface area contributed by atoms with Crippen molar-refractivity contribution < 1.29 is 0 Å². The van der Waals surface area contributed by atoms with Gasteiger partial charge in [-0.3, -0.25) is 5.43 Å². The number of hydrazine groups is 1. The normalized spacial score (nSPS) is 15.3. The molecule has 1 aliphatic rings. The number of hydrogen-bond acceptors (Lipinski definition) is 7. The Balaban J connectivity index is 2.27. The van der Waals surface area contributed by atoms with Crippen molar-refractivity contribution in [2.24, 2.45) is 5.84 Å². The summed E-state index contributed by atoms with van der Waals surface area (Å²) in [5.41, 5.74) is 2.57. The summed E-state index contributed by atoms with van der Waals surface area (Å²) in [6.07, 6.45) is 5.44. The smallest absolute Gasteiger partial charge is 0.243 e. The zero-order valence-corrected chi connectivity index (χ0v) is 13.3. The van der Waals surface area contributed by atoms with Crippen molar-refractivity contribution in [3.63, 3.8) is 0 Å². The molecule has 21 heavy (non-hydrogen) atoms. The van der Waals surface area contributed by atoms with E-state index in [1.54, 1.807) is 0 Å². The molecule has 2 heterocycles. The van der Waals surface area contributed by atoms with Gasteiger partial charge >= 0.3 is 0 Å². The summed E-state index contributed by atoms with van der Waals surface area (Å²) < 4.78 is 0. The fourth-order valence-electron chi connectivity index (χ4n) is 2.80. The molecule has 1 fully saturated rings. The molecule has 0 saturated carbocycles. The maximum absolute atomic E-state index is 5.50. The third kappa shape index (κ3) is 3.53. The van der Waals surface area contributed by atoms with Crippen LogP contribution in [0.4, 0.5) is 17.8 Å². The van der Waals surface area contributed by atoms with Crippen LogP contribution in [-0.2, 0) is 0 Å². The van der Waals surface area contributed by atoms with Gasteiger partial charge in [0.05, 0.1) is 0 Å². The molecule has 0 bridgehead atoms. The van der Waals surface area contributed by atoms with Crippen molar-refractivity contribution in [1.29, 1.82) is 0 Å². The molecule has 0 amide bonds. The number of anilines is 3. The lowest BCUT2D eigenvalue weighted by molar-refractivity contribution is 0.417. The molecule has 1 saturated heterocycles. The Morgan fingerprint density at radius 3 is 2.10 bits per heavy atom. The van der Waals surface area contributed by atoms with E-state index < -0.39 is 0 Å². The van der Waals surface area contributed by atoms with Crippen molar-refractivity contribution in [2.45, 2.75) is 58.4 Å². The highest BCUT2D eigenvalue weighted by atomic mass is 15.4. The molecular formula is C14H27N7. The average Bonchev–Trinajstić information content (AvgIpc) is 3.07. The summed E-state index contributed by atoms with van der Waals surface area (Å²) in [4.78, 5) is 15.5. The number of aromatic nitrogens is 3. The van der Waals surface area contributed by atoms with E-state index in [-0.39, 0.29) is 5.54 Å². The first-order chi connectivity index (χ1) is 10.2. The number of hydrogen-bond donors (Lipinski definition) is 3. The zero-order valence-electron chi connectivity index (χ0n) is 13.3. The van der Waals surface area contributed by atoms with Gasteiger partial charge in [-0.2, -0.15) is 15.0 Å². The first-order valence-electron chi connectivity index (χ1n) is 7.92. The van der Waals surface area contributed by atoms with Crippen LogP contribution in [0.25, 0.3) is 0 Å². The van der Waals surface area contributed by atoms with Crippen LogP contribution in [-0.4, -0.2) is 33.6 Å². The molecule has 1 aromatic rings. The second-order valence-corrected chi connectivity index (χ2v) is 5.59. The van der Waals surface area contributed by atoms with Crippen LogP contribution in [0, 0.1) is 0 Å². The molecule has 7 nitrogen and oxygen atoms in total. The number of nitrogens with one attached hydrogen (secondary N) is 2. The molecule has 0 unspecified atom stereocenters. The SMILES string of the molecule is CCC(CC)(CC)Nc1nc(NN)nc(N2CCCC2)n1. The average molecular weight is 293 g/mol. The number of nitrogens with zero attached hydrogens (tertiary/aromatic N) is 4. The second kappa shape index (κ2) is 6.89. The largest absolute Gasteiger partial charge is 0.349 e. The van der Waals surface area contributed by atoms with E-state index in [0.29, 0.717) is 17.8 Å². The minimum absolute atomic E-state index is 0.0233. The standard InChI is InChI=1S/C14H27N7/c1-4-14(5-2,6-3)19-11-16-12(20-15)18-13(17-11)21-9-7-8-10-21/h4-10,15H2,1-3H3,(H2,16,17,18,19,20). The lowest BCUT2D eigenvalue weighted by atomic mass is 9.90. The van der Waals surface area contributed by atoms with Gasteiger partial charge in [0, 0.05) is 18.6 Å². The molecule has 4 N–H and O–H groups in total. The van der Waals surface area contributed by atoms with Gasteiger partial charge in [-0.05, 0) is 32.1 Å². The van der Waals surface area contributed by atoms with Crippen LogP contribution in [0.1, 0.15) is 52.9 Å². The summed E-state index contributed by atoms with van der Waals surface area (Å²) in [5.74, 6) is 7.21. The van der Waals surface area contributed by atoms with Crippen LogP contribution in [0.2, 0.25) is 0 Å². The Bertz CT molecular complexity index is 444. The van der Waals surface area contributed by atoms with E-state index >= 15 is 0 Å². The fraction of sp³-hybridized carbons (Fsp3) is 0.786. The molecule has 0 spiro atoms. The van der Waals surface area contributed by atoms with Gasteiger partial charge in [-0.15, -0.1) is 0 Å². The number of nitrogens with two attached hydrogens (primary N) is 1. The summed E-state index contributed by atoms with van der Waals surface area (Å²) in [7, 11) is 0. The van der Waals surface area contributed by atoms with Crippen LogP contribution in [0.15, 0.2) is 0 Å². The maximum Gasteiger partial charge on any atom is 0.243 e. The van der Waals surface area contributed by atoms with Gasteiger partial charge in [0.1, 0.15) is 0 Å². The first-order valence-corrected chi connectivity index (χ1v) is 7.92. The quantitative estimate of drug-likeness (QED) is 0.524. The Hall–Kier alpha value is -1.63. The van der Waals surface area contributed by atoms with Crippen molar-refractivity contribution in [2.75, 3.05) is 28.7 Å². The van der Waals surface area contributed by atoms with Gasteiger partial charge in [-0.1, -0.05) is 20.8 Å². The van der Waals surface area contributed by atoms with Gasteiger partial charge in [-0.25, -0.2) is 5.84 Å². The lowest BCUT2D eigenvalue weighted by Crippen LogP contribution is -2.37. The maximum atomic E-state index is 5.50. The summed E-state index contributed by atoms with van der Waals surface area (Å²) in [5, 5.41) is 3.50.